The molecule has 0 aromatic heterocycles. The van der Waals surface area contributed by atoms with Crippen LogP contribution in [-0.4, -0.2) is 8.07 Å². The zero-order valence-electron chi connectivity index (χ0n) is 27.1. The molecule has 46 heavy (non-hydrogen) atoms. The maximum absolute atomic E-state index is 4.93. The molecule has 0 saturated heterocycles. The first-order valence-electron chi connectivity index (χ1n) is 17.0. The summed E-state index contributed by atoms with van der Waals surface area (Å²) < 4.78 is 0. The normalized spacial score (nSPS) is 27.7. The van der Waals surface area contributed by atoms with E-state index in [1.54, 1.807) is 22.9 Å². The minimum absolute atomic E-state index is 0.804. The van der Waals surface area contributed by atoms with Crippen LogP contribution in [0.1, 0.15) is 63.5 Å². The summed E-state index contributed by atoms with van der Waals surface area (Å²) in [5, 5.41) is 0. The molecule has 0 nitrogen and oxygen atoms in total. The van der Waals surface area contributed by atoms with Crippen molar-refractivity contribution in [2.24, 2.45) is 11.8 Å². The van der Waals surface area contributed by atoms with Gasteiger partial charge in [0, 0.05) is 23.7 Å². The predicted octanol–water partition coefficient (Wildman–Crippen LogP) is 11.9. The van der Waals surface area contributed by atoms with Crippen LogP contribution < -0.4 is 0 Å². The summed E-state index contributed by atoms with van der Waals surface area (Å²) in [4.78, 5) is 0. The molecule has 1 unspecified atom stereocenters. The van der Waals surface area contributed by atoms with E-state index in [0.717, 1.165) is 30.2 Å². The van der Waals surface area contributed by atoms with E-state index in [9.17, 15) is 0 Å². The van der Waals surface area contributed by atoms with Crippen LogP contribution in [0, 0.1) is 71.3 Å². The number of hydrogen-bond donors (Lipinski definition) is 0. The molecule has 2 bridgehead atoms. The Labute approximate surface area is 298 Å². The van der Waals surface area contributed by atoms with E-state index in [-0.39, 0.29) is 0 Å². The number of halogens is 2. The van der Waals surface area contributed by atoms with Crippen LogP contribution in [0.4, 0.5) is 0 Å². The van der Waals surface area contributed by atoms with Gasteiger partial charge in [0.2, 0.25) is 0 Å². The summed E-state index contributed by atoms with van der Waals surface area (Å²) in [6.07, 6.45) is 27.5. The maximum atomic E-state index is 4.93. The molecule has 4 fully saturated rings. The van der Waals surface area contributed by atoms with Crippen molar-refractivity contribution in [2.45, 2.75) is 64.5 Å². The van der Waals surface area contributed by atoms with Crippen LogP contribution >= 0.6 is 17.0 Å². The van der Waals surface area contributed by atoms with Gasteiger partial charge in [0.1, 0.15) is 0 Å². The van der Waals surface area contributed by atoms with Gasteiger partial charge in [-0.3, -0.25) is 0 Å². The van der Waals surface area contributed by atoms with E-state index >= 15 is 0 Å². The molecule has 6 aliphatic carbocycles. The first-order valence-corrected chi connectivity index (χ1v) is 25.9. The second kappa shape index (κ2) is 14.5. The molecule has 0 aliphatic heterocycles. The molecule has 3 atom stereocenters. The predicted molar refractivity (Wildman–Crippen MR) is 195 cm³/mol. The third kappa shape index (κ3) is 5.86. The van der Waals surface area contributed by atoms with Crippen molar-refractivity contribution < 1.29 is 20.8 Å². The van der Waals surface area contributed by atoms with Crippen LogP contribution in [0.15, 0.2) is 97.1 Å². The van der Waals surface area contributed by atoms with Gasteiger partial charge in [-0.2, -0.15) is 0 Å². The Morgan fingerprint density at radius 1 is 0.674 bits per heavy atom. The standard InChI is InChI=1S/C42H42Si.2ClH.Zr/c1-4-29-26-38-34(31-14-8-6-9-15-31)18-12-20-36(38)41(29)43(3,40-25-28-22-23-33(40)24-28)42-30(5-2)27-39-35(19-13-21-37(39)42)32-16-10-7-11-17-32;;;/h6-21,26-28,33,40H,4-5,22-25H2,1-3H3;2*1H;/q;;;+4/p-2/t28-,33+,40?;;;/m1.../s1. The Kier molecular flexibility index (Phi) is 10.6. The Hall–Kier alpha value is -0.920. The van der Waals surface area contributed by atoms with Crippen LogP contribution in [0.3, 0.4) is 0 Å². The van der Waals surface area contributed by atoms with Crippen molar-refractivity contribution in [1.82, 2.24) is 0 Å². The Morgan fingerprint density at radius 3 is 1.54 bits per heavy atom. The Bertz CT molecular complexity index is 1370. The molecule has 10 radical (unpaired) electrons. The molecule has 8 rings (SSSR count). The van der Waals surface area contributed by atoms with Gasteiger partial charge in [-0.25, -0.2) is 0 Å². The Morgan fingerprint density at radius 2 is 1.15 bits per heavy atom. The molecule has 6 aliphatic rings. The summed E-state index contributed by atoms with van der Waals surface area (Å²) in [7, 11) is 7.64. The van der Waals surface area contributed by atoms with Crippen LogP contribution in [0.5, 0.6) is 0 Å². The molecule has 0 spiro atoms. The quantitative estimate of drug-likeness (QED) is 0.248. The molecule has 0 heterocycles. The fourth-order valence-electron chi connectivity index (χ4n) is 9.69. The van der Waals surface area contributed by atoms with Gasteiger partial charge in [-0.05, 0) is 101 Å². The van der Waals surface area contributed by atoms with Gasteiger partial charge in [0.25, 0.3) is 0 Å². The fourth-order valence-corrected chi connectivity index (χ4v) is 16.1. The number of benzene rings is 2. The number of fused-ring (bicyclic) bond motifs is 4. The summed E-state index contributed by atoms with van der Waals surface area (Å²) in [6.45, 7) is 7.60. The zero-order chi connectivity index (χ0) is 31.8. The van der Waals surface area contributed by atoms with Gasteiger partial charge in [-0.15, -0.1) is 0 Å². The molecule has 2 aromatic carbocycles. The second-order valence-corrected chi connectivity index (χ2v) is 21.5. The topological polar surface area (TPSA) is 0 Å². The van der Waals surface area contributed by atoms with Gasteiger partial charge in [0.05, 0.1) is 8.07 Å². The average molecular weight is 737 g/mol. The fraction of sp³-hybridized carbons (Fsp3) is 0.286. The van der Waals surface area contributed by atoms with Crippen LogP contribution in [0.2, 0.25) is 12.1 Å². The third-order valence-electron chi connectivity index (χ3n) is 11.5. The van der Waals surface area contributed by atoms with E-state index < -0.39 is 28.9 Å². The van der Waals surface area contributed by atoms with Crippen molar-refractivity contribution in [2.75, 3.05) is 0 Å². The van der Waals surface area contributed by atoms with E-state index in [4.69, 9.17) is 17.0 Å². The monoisotopic (exact) mass is 734 g/mol. The summed E-state index contributed by atoms with van der Waals surface area (Å²) in [5.74, 6) is 11.0. The third-order valence-corrected chi connectivity index (χ3v) is 16.9. The number of allylic oxidation sites excluding steroid dienone is 8. The average Bonchev–Trinajstić information content (AvgIpc) is 3.90. The van der Waals surface area contributed by atoms with E-state index in [0.29, 0.717) is 0 Å². The minimum atomic E-state index is -2.23. The van der Waals surface area contributed by atoms with Crippen LogP contribution in [0.25, 0.3) is 11.1 Å². The molecule has 0 amide bonds. The van der Waals surface area contributed by atoms with E-state index in [1.165, 1.54) is 71.6 Å². The van der Waals surface area contributed by atoms with Crippen molar-refractivity contribution in [3.05, 3.63) is 168 Å². The van der Waals surface area contributed by atoms with Gasteiger partial charge in [-0.1, -0.05) is 130 Å². The van der Waals surface area contributed by atoms with Gasteiger partial charge >= 0.3 is 37.9 Å². The molecule has 230 valence electrons. The van der Waals surface area contributed by atoms with E-state index in [2.05, 4.69) is 130 Å². The first-order chi connectivity index (χ1) is 22.5. The summed E-state index contributed by atoms with van der Waals surface area (Å²) in [5.41, 5.74) is 9.75. The second-order valence-electron chi connectivity index (χ2n) is 13.6. The molecule has 2 aromatic rings. The molecular weight excluding hydrogens is 695 g/mol. The van der Waals surface area contributed by atoms with Crippen LogP contribution in [-0.2, 0) is 20.8 Å². The van der Waals surface area contributed by atoms with Gasteiger partial charge < -0.3 is 0 Å². The SMILES string of the molecule is CC[C]1[CH][C]2[C](C=CC=C2c2ccccc2)[C]1[Si](C)([C]1[C](CC)[CH][C]2[C]1C=CC=C2c1ccccc1)C1C[C@@H]2CC[C@H]1C2.[Cl][Zr+2][Cl]. The molecular formula is C42H42Cl2SiZr+2. The molecule has 0 N–H and O–H groups in total. The van der Waals surface area contributed by atoms with Crippen molar-refractivity contribution in [1.29, 1.82) is 0 Å². The summed E-state index contributed by atoms with van der Waals surface area (Å²) in [6, 6.07) is 22.1. The molecule has 4 heteroatoms. The zero-order valence-corrected chi connectivity index (χ0v) is 32.1. The number of hydrogen-bond acceptors (Lipinski definition) is 0. The van der Waals surface area contributed by atoms with Crippen molar-refractivity contribution >= 4 is 36.2 Å². The summed E-state index contributed by atoms with van der Waals surface area (Å²) >= 11 is -0.826. The first kappa shape index (κ1) is 33.6. The van der Waals surface area contributed by atoms with Gasteiger partial charge in [0.15, 0.2) is 0 Å². The number of rotatable bonds is 7. The van der Waals surface area contributed by atoms with E-state index in [1.807, 2.05) is 0 Å². The van der Waals surface area contributed by atoms with Crippen molar-refractivity contribution in [3.8, 4) is 0 Å². The van der Waals surface area contributed by atoms with Crippen molar-refractivity contribution in [3.63, 3.8) is 0 Å². The molecule has 4 saturated carbocycles. The Balaban J connectivity index is 0.00000109.